The topological polar surface area (TPSA) is 104 Å². The summed E-state index contributed by atoms with van der Waals surface area (Å²) in [5.41, 5.74) is 3.52. The lowest BCUT2D eigenvalue weighted by Crippen LogP contribution is -2.44. The number of carboxylic acids is 1. The SMILES string of the molecule is Cc1oc2c(C)c3oc(=O)c(CC(=O)N4CCC(C(=O)[O-])CC4)c(C)c3cc2c1C. The van der Waals surface area contributed by atoms with E-state index in [0.717, 1.165) is 33.2 Å². The zero-order valence-corrected chi connectivity index (χ0v) is 17.6. The number of amides is 1. The Morgan fingerprint density at radius 3 is 2.23 bits per heavy atom. The summed E-state index contributed by atoms with van der Waals surface area (Å²) < 4.78 is 11.5. The molecule has 7 heteroatoms. The fourth-order valence-corrected chi connectivity index (χ4v) is 4.32. The van der Waals surface area contributed by atoms with E-state index in [2.05, 4.69) is 0 Å². The van der Waals surface area contributed by atoms with Gasteiger partial charge in [0.2, 0.25) is 5.91 Å². The smallest absolute Gasteiger partial charge is 0.340 e. The molecule has 3 heterocycles. The molecule has 0 saturated carbocycles. The molecule has 1 amide bonds. The predicted octanol–water partition coefficient (Wildman–Crippen LogP) is 2.30. The number of carbonyl (C=O) groups excluding carboxylic acids is 2. The van der Waals surface area contributed by atoms with Crippen molar-refractivity contribution in [2.45, 2.75) is 47.0 Å². The molecule has 0 spiro atoms. The van der Waals surface area contributed by atoms with E-state index in [9.17, 15) is 19.5 Å². The summed E-state index contributed by atoms with van der Waals surface area (Å²) in [6.07, 6.45) is 0.673. The largest absolute Gasteiger partial charge is 0.550 e. The Morgan fingerprint density at radius 2 is 1.60 bits per heavy atom. The quantitative estimate of drug-likeness (QED) is 0.614. The van der Waals surface area contributed by atoms with Gasteiger partial charge < -0.3 is 23.6 Å². The number of fused-ring (bicyclic) bond motifs is 2. The van der Waals surface area contributed by atoms with Crippen molar-refractivity contribution in [1.82, 2.24) is 4.90 Å². The summed E-state index contributed by atoms with van der Waals surface area (Å²) >= 11 is 0. The van der Waals surface area contributed by atoms with Gasteiger partial charge in [0.25, 0.3) is 0 Å². The zero-order valence-electron chi connectivity index (χ0n) is 17.6. The number of rotatable bonds is 3. The van der Waals surface area contributed by atoms with Crippen LogP contribution in [0.25, 0.3) is 21.9 Å². The Bertz CT molecular complexity index is 1240. The van der Waals surface area contributed by atoms with Crippen molar-refractivity contribution in [3.05, 3.63) is 44.5 Å². The van der Waals surface area contributed by atoms with Gasteiger partial charge in [0.15, 0.2) is 0 Å². The fourth-order valence-electron chi connectivity index (χ4n) is 4.32. The number of benzene rings is 1. The minimum absolute atomic E-state index is 0.0689. The summed E-state index contributed by atoms with van der Waals surface area (Å²) in [4.78, 5) is 38.1. The van der Waals surface area contributed by atoms with Crippen molar-refractivity contribution in [3.8, 4) is 0 Å². The molecule has 30 heavy (non-hydrogen) atoms. The Hall–Kier alpha value is -3.09. The molecule has 7 nitrogen and oxygen atoms in total. The van der Waals surface area contributed by atoms with Crippen LogP contribution >= 0.6 is 0 Å². The molecule has 0 bridgehead atoms. The lowest BCUT2D eigenvalue weighted by Gasteiger charge is -2.32. The Balaban J connectivity index is 1.70. The van der Waals surface area contributed by atoms with E-state index in [-0.39, 0.29) is 12.3 Å². The minimum atomic E-state index is -1.07. The van der Waals surface area contributed by atoms with Gasteiger partial charge in [-0.25, -0.2) is 4.79 Å². The maximum Gasteiger partial charge on any atom is 0.340 e. The Morgan fingerprint density at radius 1 is 1.00 bits per heavy atom. The third kappa shape index (κ3) is 3.18. The Labute approximate surface area is 173 Å². The summed E-state index contributed by atoms with van der Waals surface area (Å²) in [5, 5.41) is 12.8. The van der Waals surface area contributed by atoms with E-state index in [0.29, 0.717) is 42.7 Å². The summed E-state index contributed by atoms with van der Waals surface area (Å²) in [5.74, 6) is -0.971. The first-order valence-corrected chi connectivity index (χ1v) is 10.1. The molecule has 0 radical (unpaired) electrons. The second-order valence-corrected chi connectivity index (χ2v) is 8.18. The van der Waals surface area contributed by atoms with Crippen molar-refractivity contribution in [3.63, 3.8) is 0 Å². The van der Waals surface area contributed by atoms with Crippen molar-refractivity contribution in [2.24, 2.45) is 5.92 Å². The van der Waals surface area contributed by atoms with Crippen molar-refractivity contribution in [1.29, 1.82) is 0 Å². The number of hydrogen-bond acceptors (Lipinski definition) is 6. The number of hydrogen-bond donors (Lipinski definition) is 0. The van der Waals surface area contributed by atoms with Crippen LogP contribution in [-0.4, -0.2) is 29.9 Å². The molecule has 4 rings (SSSR count). The van der Waals surface area contributed by atoms with Gasteiger partial charge in [-0.3, -0.25) is 4.79 Å². The average Bonchev–Trinajstić information content (AvgIpc) is 3.01. The Kier molecular flexibility index (Phi) is 4.92. The molecule has 158 valence electrons. The highest BCUT2D eigenvalue weighted by Gasteiger charge is 2.26. The van der Waals surface area contributed by atoms with Crippen LogP contribution < -0.4 is 10.7 Å². The number of piperidine rings is 1. The summed E-state index contributed by atoms with van der Waals surface area (Å²) in [7, 11) is 0. The van der Waals surface area contributed by atoms with E-state index in [1.165, 1.54) is 0 Å². The summed E-state index contributed by atoms with van der Waals surface area (Å²) in [6.45, 7) is 8.28. The first kappa shape index (κ1) is 20.2. The van der Waals surface area contributed by atoms with Crippen molar-refractivity contribution < 1.29 is 23.5 Å². The molecular formula is C23H24NO6-. The van der Waals surface area contributed by atoms with Crippen LogP contribution in [0.15, 0.2) is 19.7 Å². The molecule has 1 aromatic carbocycles. The van der Waals surface area contributed by atoms with Gasteiger partial charge in [-0.15, -0.1) is 0 Å². The van der Waals surface area contributed by atoms with E-state index in [1.807, 2.05) is 33.8 Å². The van der Waals surface area contributed by atoms with E-state index in [4.69, 9.17) is 8.83 Å². The van der Waals surface area contributed by atoms with E-state index in [1.54, 1.807) is 4.90 Å². The van der Waals surface area contributed by atoms with E-state index < -0.39 is 17.5 Å². The van der Waals surface area contributed by atoms with Crippen LogP contribution in [0.3, 0.4) is 0 Å². The minimum Gasteiger partial charge on any atom is -0.550 e. The molecule has 1 saturated heterocycles. The fraction of sp³-hybridized carbons (Fsp3) is 0.435. The molecule has 1 aliphatic heterocycles. The number of aryl methyl sites for hydroxylation is 4. The molecule has 0 N–H and O–H groups in total. The molecule has 3 aromatic rings. The third-order valence-corrected chi connectivity index (χ3v) is 6.45. The maximum absolute atomic E-state index is 12.8. The molecule has 0 atom stereocenters. The standard InChI is InChI=1S/C23H25NO6/c1-11-14(4)29-20-13(3)21-17(9-16(11)20)12(2)18(23(28)30-21)10-19(25)24-7-5-15(6-8-24)22(26)27/h9,15H,5-8,10H2,1-4H3,(H,26,27)/p-1. The van der Waals surface area contributed by atoms with Crippen LogP contribution in [0.4, 0.5) is 0 Å². The molecule has 0 aliphatic carbocycles. The van der Waals surface area contributed by atoms with Gasteiger partial charge in [-0.05, 0) is 57.7 Å². The first-order valence-electron chi connectivity index (χ1n) is 10.1. The highest BCUT2D eigenvalue weighted by atomic mass is 16.4. The lowest BCUT2D eigenvalue weighted by atomic mass is 9.96. The van der Waals surface area contributed by atoms with Gasteiger partial charge >= 0.3 is 5.63 Å². The van der Waals surface area contributed by atoms with Crippen LogP contribution in [-0.2, 0) is 16.0 Å². The average molecular weight is 410 g/mol. The molecule has 1 fully saturated rings. The van der Waals surface area contributed by atoms with Crippen LogP contribution in [0, 0.1) is 33.6 Å². The second kappa shape index (κ2) is 7.31. The predicted molar refractivity (Wildman–Crippen MR) is 109 cm³/mol. The summed E-state index contributed by atoms with van der Waals surface area (Å²) in [6, 6.07) is 1.96. The second-order valence-electron chi connectivity index (χ2n) is 8.18. The van der Waals surface area contributed by atoms with Gasteiger partial charge in [-0.2, -0.15) is 0 Å². The number of carbonyl (C=O) groups is 2. The molecular weight excluding hydrogens is 386 g/mol. The molecule has 2 aromatic heterocycles. The van der Waals surface area contributed by atoms with Gasteiger partial charge in [-0.1, -0.05) is 0 Å². The van der Waals surface area contributed by atoms with Crippen LogP contribution in [0.1, 0.15) is 40.9 Å². The molecule has 0 unspecified atom stereocenters. The van der Waals surface area contributed by atoms with Gasteiger partial charge in [0.1, 0.15) is 16.9 Å². The van der Waals surface area contributed by atoms with Crippen molar-refractivity contribution in [2.75, 3.05) is 13.1 Å². The number of aliphatic carboxylic acids is 1. The van der Waals surface area contributed by atoms with Gasteiger partial charge in [0, 0.05) is 41.3 Å². The molecule has 1 aliphatic rings. The number of nitrogens with zero attached hydrogens (tertiary/aromatic N) is 1. The lowest BCUT2D eigenvalue weighted by molar-refractivity contribution is -0.312. The van der Waals surface area contributed by atoms with Crippen LogP contribution in [0.2, 0.25) is 0 Å². The number of likely N-dealkylation sites (tertiary alicyclic amines) is 1. The monoisotopic (exact) mass is 410 g/mol. The van der Waals surface area contributed by atoms with Crippen molar-refractivity contribution >= 4 is 33.8 Å². The third-order valence-electron chi connectivity index (χ3n) is 6.45. The normalized spacial score (nSPS) is 15.3. The zero-order chi connectivity index (χ0) is 21.7. The number of carboxylic acid groups (broad SMARTS) is 1. The first-order chi connectivity index (χ1) is 14.2. The maximum atomic E-state index is 12.8. The highest BCUT2D eigenvalue weighted by Crippen LogP contribution is 2.34. The number of furan rings is 1. The van der Waals surface area contributed by atoms with Crippen LogP contribution in [0.5, 0.6) is 0 Å². The van der Waals surface area contributed by atoms with E-state index >= 15 is 0 Å². The highest BCUT2D eigenvalue weighted by molar-refractivity contribution is 6.00. The van der Waals surface area contributed by atoms with Gasteiger partial charge in [0.05, 0.1) is 12.0 Å².